The van der Waals surface area contributed by atoms with E-state index < -0.39 is 0 Å². The van der Waals surface area contributed by atoms with Crippen molar-refractivity contribution in [3.05, 3.63) is 48.7 Å². The summed E-state index contributed by atoms with van der Waals surface area (Å²) in [6.07, 6.45) is 2.52. The molecule has 1 aliphatic rings. The molecule has 0 saturated carbocycles. The van der Waals surface area contributed by atoms with Gasteiger partial charge in [0.1, 0.15) is 11.5 Å². The molecule has 3 rings (SSSR count). The quantitative estimate of drug-likeness (QED) is 0.911. The second-order valence-electron chi connectivity index (χ2n) is 5.42. The van der Waals surface area contributed by atoms with Gasteiger partial charge in [-0.05, 0) is 36.8 Å². The Morgan fingerprint density at radius 3 is 2.65 bits per heavy atom. The van der Waals surface area contributed by atoms with Crippen LogP contribution in [-0.4, -0.2) is 41.5 Å². The van der Waals surface area contributed by atoms with Gasteiger partial charge in [-0.1, -0.05) is 6.07 Å². The number of nitrogens with two attached hydrogens (primary N) is 1. The van der Waals surface area contributed by atoms with Crippen molar-refractivity contribution in [1.29, 1.82) is 0 Å². The summed E-state index contributed by atoms with van der Waals surface area (Å²) < 4.78 is 11.1. The molecule has 0 radical (unpaired) electrons. The Bertz CT molecular complexity index is 646. The largest absolute Gasteiger partial charge is 0.484 e. The van der Waals surface area contributed by atoms with Gasteiger partial charge in [0, 0.05) is 31.4 Å². The summed E-state index contributed by atoms with van der Waals surface area (Å²) in [6, 6.07) is 12.6. The number of carbonyl (C=O) groups is 1. The zero-order valence-corrected chi connectivity index (χ0v) is 12.7. The third kappa shape index (κ3) is 4.20. The minimum absolute atomic E-state index is 0.0210. The fraction of sp³-hybridized carbons (Fsp3) is 0.294. The van der Waals surface area contributed by atoms with Gasteiger partial charge in [-0.25, -0.2) is 4.98 Å². The van der Waals surface area contributed by atoms with Gasteiger partial charge in [0.05, 0.1) is 0 Å². The van der Waals surface area contributed by atoms with Crippen molar-refractivity contribution in [2.75, 3.05) is 19.7 Å². The highest BCUT2D eigenvalue weighted by Gasteiger charge is 2.23. The van der Waals surface area contributed by atoms with Crippen LogP contribution in [0.25, 0.3) is 0 Å². The number of hydrogen-bond donors (Lipinski definition) is 1. The Morgan fingerprint density at radius 2 is 2.00 bits per heavy atom. The van der Waals surface area contributed by atoms with E-state index in [1.807, 2.05) is 12.1 Å². The second kappa shape index (κ2) is 7.11. The van der Waals surface area contributed by atoms with Crippen molar-refractivity contribution >= 4 is 5.91 Å². The molecule has 6 heteroatoms. The SMILES string of the molecule is N[C@@H]1CCN(C(=O)COc2ccc(Oc3ccccn3)cc2)C1. The molecule has 2 aromatic rings. The number of amides is 1. The number of rotatable bonds is 5. The molecule has 1 aliphatic heterocycles. The lowest BCUT2D eigenvalue weighted by Crippen LogP contribution is -2.35. The van der Waals surface area contributed by atoms with Crippen LogP contribution in [0.5, 0.6) is 17.4 Å². The lowest BCUT2D eigenvalue weighted by molar-refractivity contribution is -0.132. The van der Waals surface area contributed by atoms with Crippen molar-refractivity contribution < 1.29 is 14.3 Å². The Kier molecular flexibility index (Phi) is 4.73. The van der Waals surface area contributed by atoms with E-state index >= 15 is 0 Å². The molecule has 0 unspecified atom stereocenters. The van der Waals surface area contributed by atoms with E-state index in [0.29, 0.717) is 30.5 Å². The Labute approximate surface area is 134 Å². The number of benzene rings is 1. The predicted molar refractivity (Wildman–Crippen MR) is 85.4 cm³/mol. The molecule has 1 aromatic heterocycles. The third-order valence-electron chi connectivity index (χ3n) is 3.62. The van der Waals surface area contributed by atoms with E-state index in [9.17, 15) is 4.79 Å². The fourth-order valence-electron chi connectivity index (χ4n) is 2.38. The smallest absolute Gasteiger partial charge is 0.260 e. The van der Waals surface area contributed by atoms with E-state index in [4.69, 9.17) is 15.2 Å². The molecule has 1 saturated heterocycles. The van der Waals surface area contributed by atoms with Gasteiger partial charge < -0.3 is 20.1 Å². The molecule has 1 aromatic carbocycles. The van der Waals surface area contributed by atoms with Crippen LogP contribution in [0.3, 0.4) is 0 Å². The van der Waals surface area contributed by atoms with Crippen molar-refractivity contribution in [2.24, 2.45) is 5.73 Å². The summed E-state index contributed by atoms with van der Waals surface area (Å²) in [5, 5.41) is 0. The first kappa shape index (κ1) is 15.3. The molecule has 6 nitrogen and oxygen atoms in total. The minimum atomic E-state index is -0.0354. The van der Waals surface area contributed by atoms with Gasteiger partial charge >= 0.3 is 0 Å². The predicted octanol–water partition coefficient (Wildman–Crippen LogP) is 1.81. The summed E-state index contributed by atoms with van der Waals surface area (Å²) in [4.78, 5) is 17.8. The molecular formula is C17H19N3O3. The molecule has 2 N–H and O–H groups in total. The third-order valence-corrected chi connectivity index (χ3v) is 3.62. The maximum absolute atomic E-state index is 12.0. The van der Waals surface area contributed by atoms with Crippen molar-refractivity contribution in [2.45, 2.75) is 12.5 Å². The fourth-order valence-corrected chi connectivity index (χ4v) is 2.38. The van der Waals surface area contributed by atoms with Gasteiger partial charge in [-0.2, -0.15) is 0 Å². The average Bonchev–Trinajstić information content (AvgIpc) is 3.01. The summed E-state index contributed by atoms with van der Waals surface area (Å²) in [5.74, 6) is 1.77. The summed E-state index contributed by atoms with van der Waals surface area (Å²) >= 11 is 0. The van der Waals surface area contributed by atoms with Gasteiger partial charge in [-0.15, -0.1) is 0 Å². The van der Waals surface area contributed by atoms with Gasteiger partial charge in [0.2, 0.25) is 5.88 Å². The number of pyridine rings is 1. The number of likely N-dealkylation sites (tertiary alicyclic amines) is 1. The van der Waals surface area contributed by atoms with E-state index in [0.717, 1.165) is 6.42 Å². The average molecular weight is 313 g/mol. The van der Waals surface area contributed by atoms with E-state index in [2.05, 4.69) is 4.98 Å². The first-order valence-electron chi connectivity index (χ1n) is 7.56. The maximum atomic E-state index is 12.0. The first-order chi connectivity index (χ1) is 11.2. The Balaban J connectivity index is 1.50. The van der Waals surface area contributed by atoms with Crippen LogP contribution in [-0.2, 0) is 4.79 Å². The van der Waals surface area contributed by atoms with Crippen LogP contribution in [0.4, 0.5) is 0 Å². The molecule has 2 heterocycles. The van der Waals surface area contributed by atoms with Gasteiger partial charge in [-0.3, -0.25) is 4.79 Å². The lowest BCUT2D eigenvalue weighted by Gasteiger charge is -2.16. The normalized spacial score (nSPS) is 17.1. The lowest BCUT2D eigenvalue weighted by atomic mass is 10.3. The van der Waals surface area contributed by atoms with Crippen LogP contribution < -0.4 is 15.2 Å². The molecule has 23 heavy (non-hydrogen) atoms. The van der Waals surface area contributed by atoms with E-state index in [1.165, 1.54) is 0 Å². The molecule has 120 valence electrons. The van der Waals surface area contributed by atoms with Crippen LogP contribution in [0, 0.1) is 0 Å². The molecule has 0 aliphatic carbocycles. The van der Waals surface area contributed by atoms with Crippen LogP contribution >= 0.6 is 0 Å². The monoisotopic (exact) mass is 313 g/mol. The number of nitrogens with zero attached hydrogens (tertiary/aromatic N) is 2. The highest BCUT2D eigenvalue weighted by atomic mass is 16.5. The molecule has 0 spiro atoms. The second-order valence-corrected chi connectivity index (χ2v) is 5.42. The molecule has 1 amide bonds. The van der Waals surface area contributed by atoms with Gasteiger partial charge in [0.25, 0.3) is 5.91 Å². The minimum Gasteiger partial charge on any atom is -0.484 e. The Morgan fingerprint density at radius 1 is 1.22 bits per heavy atom. The number of carbonyl (C=O) groups excluding carboxylic acids is 1. The first-order valence-corrected chi connectivity index (χ1v) is 7.56. The van der Waals surface area contributed by atoms with Gasteiger partial charge in [0.15, 0.2) is 6.61 Å². The van der Waals surface area contributed by atoms with Crippen LogP contribution in [0.2, 0.25) is 0 Å². The van der Waals surface area contributed by atoms with Crippen molar-refractivity contribution in [3.63, 3.8) is 0 Å². The van der Waals surface area contributed by atoms with Crippen molar-refractivity contribution in [3.8, 4) is 17.4 Å². The Hall–Kier alpha value is -2.60. The summed E-state index contributed by atoms with van der Waals surface area (Å²) in [5.41, 5.74) is 5.80. The van der Waals surface area contributed by atoms with E-state index in [1.54, 1.807) is 41.4 Å². The van der Waals surface area contributed by atoms with E-state index in [-0.39, 0.29) is 18.6 Å². The number of aromatic nitrogens is 1. The zero-order chi connectivity index (χ0) is 16.1. The topological polar surface area (TPSA) is 77.7 Å². The molecule has 1 fully saturated rings. The standard InChI is InChI=1S/C17H19N3O3/c18-13-8-10-20(11-13)17(21)12-22-14-4-6-15(7-5-14)23-16-3-1-2-9-19-16/h1-7,9,13H,8,10-12,18H2/t13-/m1/s1. The zero-order valence-electron chi connectivity index (χ0n) is 12.7. The van der Waals surface area contributed by atoms with Crippen molar-refractivity contribution in [1.82, 2.24) is 9.88 Å². The number of ether oxygens (including phenoxy) is 2. The molecule has 0 bridgehead atoms. The molecule has 1 atom stereocenters. The molecular weight excluding hydrogens is 294 g/mol. The summed E-state index contributed by atoms with van der Waals surface area (Å²) in [7, 11) is 0. The number of hydrogen-bond acceptors (Lipinski definition) is 5. The maximum Gasteiger partial charge on any atom is 0.260 e. The summed E-state index contributed by atoms with van der Waals surface area (Å²) in [6.45, 7) is 1.34. The highest BCUT2D eigenvalue weighted by molar-refractivity contribution is 5.78. The van der Waals surface area contributed by atoms with Crippen LogP contribution in [0.15, 0.2) is 48.7 Å². The highest BCUT2D eigenvalue weighted by Crippen LogP contribution is 2.22. The van der Waals surface area contributed by atoms with Crippen LogP contribution in [0.1, 0.15) is 6.42 Å².